The Hall–Kier alpha value is -0.980. The highest BCUT2D eigenvalue weighted by Crippen LogP contribution is 2.20. The second-order valence-electron chi connectivity index (χ2n) is 5.24. The van der Waals surface area contributed by atoms with Gasteiger partial charge in [0.25, 0.3) is 0 Å². The lowest BCUT2D eigenvalue weighted by Gasteiger charge is -2.18. The van der Waals surface area contributed by atoms with Gasteiger partial charge in [0.05, 0.1) is 5.75 Å². The molecular weight excluding hydrogens is 304 g/mol. The minimum atomic E-state index is -3.18. The second kappa shape index (κ2) is 7.87. The molecule has 2 rings (SSSR count). The molecule has 0 aromatic heterocycles. The summed E-state index contributed by atoms with van der Waals surface area (Å²) in [5.41, 5.74) is 6.33. The van der Waals surface area contributed by atoms with Crippen molar-refractivity contribution in [1.82, 2.24) is 4.72 Å². The number of rotatable bonds is 7. The summed E-state index contributed by atoms with van der Waals surface area (Å²) in [6.07, 6.45) is 7.40. The molecule has 0 spiro atoms. The topological polar surface area (TPSA) is 72.2 Å². The zero-order chi connectivity index (χ0) is 15.1. The highest BCUT2D eigenvalue weighted by molar-refractivity contribution is 8.00. The summed E-state index contributed by atoms with van der Waals surface area (Å²) in [4.78, 5) is 1.04. The molecule has 6 heteroatoms. The van der Waals surface area contributed by atoms with Crippen molar-refractivity contribution in [3.05, 3.63) is 36.4 Å². The van der Waals surface area contributed by atoms with Crippen molar-refractivity contribution in [3.63, 3.8) is 0 Å². The lowest BCUT2D eigenvalue weighted by molar-refractivity contribution is 0.468. The van der Waals surface area contributed by atoms with Gasteiger partial charge in [-0.05, 0) is 49.4 Å². The van der Waals surface area contributed by atoms with Crippen LogP contribution in [0.2, 0.25) is 0 Å². The zero-order valence-electron chi connectivity index (χ0n) is 12.0. The van der Waals surface area contributed by atoms with Gasteiger partial charge >= 0.3 is 0 Å². The number of hydrogen-bond acceptors (Lipinski definition) is 4. The van der Waals surface area contributed by atoms with E-state index in [9.17, 15) is 8.42 Å². The van der Waals surface area contributed by atoms with Crippen molar-refractivity contribution in [2.75, 3.05) is 23.8 Å². The summed E-state index contributed by atoms with van der Waals surface area (Å²) in [6.45, 7) is 0.555. The van der Waals surface area contributed by atoms with Crippen molar-refractivity contribution in [1.29, 1.82) is 0 Å². The predicted molar refractivity (Wildman–Crippen MR) is 89.8 cm³/mol. The van der Waals surface area contributed by atoms with Gasteiger partial charge in [-0.3, -0.25) is 0 Å². The van der Waals surface area contributed by atoms with Crippen LogP contribution >= 0.6 is 11.8 Å². The first-order valence-electron chi connectivity index (χ1n) is 7.16. The van der Waals surface area contributed by atoms with Gasteiger partial charge in [-0.2, -0.15) is 0 Å². The lowest BCUT2D eigenvalue weighted by Crippen LogP contribution is -2.32. The molecule has 1 unspecified atom stereocenters. The molecule has 0 aliphatic heterocycles. The molecule has 21 heavy (non-hydrogen) atoms. The van der Waals surface area contributed by atoms with Crippen molar-refractivity contribution < 1.29 is 8.42 Å². The van der Waals surface area contributed by atoms with Gasteiger partial charge < -0.3 is 5.73 Å². The summed E-state index contributed by atoms with van der Waals surface area (Å²) >= 11 is 1.53. The molecule has 1 aliphatic carbocycles. The summed E-state index contributed by atoms with van der Waals surface area (Å²) in [7, 11) is -3.18. The summed E-state index contributed by atoms with van der Waals surface area (Å²) in [5.74, 6) is 1.13. The monoisotopic (exact) mass is 326 g/mol. The maximum atomic E-state index is 12.0. The van der Waals surface area contributed by atoms with Crippen molar-refractivity contribution >= 4 is 27.5 Å². The van der Waals surface area contributed by atoms with Crippen LogP contribution in [0.15, 0.2) is 41.3 Å². The molecule has 0 saturated carbocycles. The van der Waals surface area contributed by atoms with Gasteiger partial charge in [0, 0.05) is 22.9 Å². The number of hydrogen-bond donors (Lipinski definition) is 2. The van der Waals surface area contributed by atoms with Crippen molar-refractivity contribution in [2.45, 2.75) is 24.2 Å². The molecule has 0 amide bonds. The predicted octanol–water partition coefficient (Wildman–Crippen LogP) is 2.64. The van der Waals surface area contributed by atoms with Gasteiger partial charge in [0.15, 0.2) is 0 Å². The van der Waals surface area contributed by atoms with Crippen LogP contribution in [0.3, 0.4) is 0 Å². The van der Waals surface area contributed by atoms with E-state index in [0.717, 1.165) is 29.8 Å². The Bertz CT molecular complexity index is 568. The van der Waals surface area contributed by atoms with Crippen LogP contribution in [0.1, 0.15) is 19.3 Å². The third-order valence-corrected chi connectivity index (χ3v) is 6.09. The third-order valence-electron chi connectivity index (χ3n) is 3.47. The largest absolute Gasteiger partial charge is 0.399 e. The fourth-order valence-electron chi connectivity index (χ4n) is 2.19. The van der Waals surface area contributed by atoms with E-state index < -0.39 is 10.0 Å². The maximum absolute atomic E-state index is 12.0. The van der Waals surface area contributed by atoms with Crippen LogP contribution in [0.5, 0.6) is 0 Å². The highest BCUT2D eigenvalue weighted by Gasteiger charge is 2.15. The average molecular weight is 326 g/mol. The van der Waals surface area contributed by atoms with Gasteiger partial charge in [-0.15, -0.1) is 11.8 Å². The van der Waals surface area contributed by atoms with Crippen molar-refractivity contribution in [3.8, 4) is 0 Å². The Kier molecular flexibility index (Phi) is 6.14. The van der Waals surface area contributed by atoms with Gasteiger partial charge in [0.2, 0.25) is 10.0 Å². The second-order valence-corrected chi connectivity index (χ2v) is 8.33. The molecule has 0 saturated heterocycles. The standard InChI is InChI=1S/C15H22N2O2S2/c16-14-6-8-15(9-7-14)20-10-11-21(18,19)17-12-13-4-2-1-3-5-13/h1-2,6-9,13,17H,3-5,10-12,16H2. The van der Waals surface area contributed by atoms with Gasteiger partial charge in [-0.1, -0.05) is 12.2 Å². The lowest BCUT2D eigenvalue weighted by atomic mass is 9.95. The molecule has 1 atom stereocenters. The average Bonchev–Trinajstić information content (AvgIpc) is 2.48. The molecule has 0 heterocycles. The van der Waals surface area contributed by atoms with Crippen LogP contribution in [0, 0.1) is 5.92 Å². The van der Waals surface area contributed by atoms with Gasteiger partial charge in [0.1, 0.15) is 0 Å². The molecule has 0 bridgehead atoms. The fourth-order valence-corrected chi connectivity index (χ4v) is 4.60. The van der Waals surface area contributed by atoms with Gasteiger partial charge in [-0.25, -0.2) is 13.1 Å². The van der Waals surface area contributed by atoms with Crippen LogP contribution < -0.4 is 10.5 Å². The van der Waals surface area contributed by atoms with Crippen LogP contribution in [-0.4, -0.2) is 26.5 Å². The van der Waals surface area contributed by atoms with Crippen LogP contribution in [-0.2, 0) is 10.0 Å². The summed E-state index contributed by atoms with van der Waals surface area (Å²) in [5, 5.41) is 0. The van der Waals surface area contributed by atoms with E-state index in [4.69, 9.17) is 5.73 Å². The smallest absolute Gasteiger partial charge is 0.212 e. The Morgan fingerprint density at radius 1 is 1.24 bits per heavy atom. The number of nitrogens with two attached hydrogens (primary N) is 1. The van der Waals surface area contributed by atoms with E-state index in [1.54, 1.807) is 0 Å². The number of thioether (sulfide) groups is 1. The summed E-state index contributed by atoms with van der Waals surface area (Å²) < 4.78 is 26.6. The third kappa shape index (κ3) is 6.11. The highest BCUT2D eigenvalue weighted by atomic mass is 32.2. The molecule has 0 fully saturated rings. The summed E-state index contributed by atoms with van der Waals surface area (Å²) in [6, 6.07) is 7.47. The quantitative estimate of drug-likeness (QED) is 0.459. The number of allylic oxidation sites excluding steroid dienone is 2. The molecule has 0 radical (unpaired) electrons. The number of sulfonamides is 1. The Morgan fingerprint density at radius 2 is 2.00 bits per heavy atom. The first-order valence-corrected chi connectivity index (χ1v) is 9.79. The number of anilines is 1. The SMILES string of the molecule is Nc1ccc(SCCS(=O)(=O)NCC2CC=CCC2)cc1. The molecule has 116 valence electrons. The Balaban J connectivity index is 1.70. The fraction of sp³-hybridized carbons (Fsp3) is 0.467. The Morgan fingerprint density at radius 3 is 2.67 bits per heavy atom. The number of nitrogen functional groups attached to an aromatic ring is 1. The van der Waals surface area contributed by atoms with Crippen molar-refractivity contribution in [2.24, 2.45) is 5.92 Å². The first kappa shape index (κ1) is 16.4. The van der Waals surface area contributed by atoms with Crippen LogP contribution in [0.25, 0.3) is 0 Å². The molecule has 1 aromatic carbocycles. The number of benzene rings is 1. The molecule has 3 N–H and O–H groups in total. The zero-order valence-corrected chi connectivity index (χ0v) is 13.6. The van der Waals surface area contributed by atoms with E-state index in [2.05, 4.69) is 16.9 Å². The maximum Gasteiger partial charge on any atom is 0.212 e. The Labute approximate surface area is 131 Å². The van der Waals surface area contributed by atoms with E-state index in [-0.39, 0.29) is 5.75 Å². The first-order chi connectivity index (χ1) is 10.1. The molecule has 1 aliphatic rings. The minimum absolute atomic E-state index is 0.143. The molecule has 4 nitrogen and oxygen atoms in total. The van der Waals surface area contributed by atoms with E-state index in [1.807, 2.05) is 24.3 Å². The van der Waals surface area contributed by atoms with Crippen LogP contribution in [0.4, 0.5) is 5.69 Å². The molecular formula is C15H22N2O2S2. The molecule has 1 aromatic rings. The van der Waals surface area contributed by atoms with E-state index >= 15 is 0 Å². The minimum Gasteiger partial charge on any atom is -0.399 e. The van der Waals surface area contributed by atoms with E-state index in [0.29, 0.717) is 18.2 Å². The van der Waals surface area contributed by atoms with E-state index in [1.165, 1.54) is 11.8 Å². The number of nitrogens with one attached hydrogen (secondary N) is 1. The normalized spacial score (nSPS) is 18.8.